The van der Waals surface area contributed by atoms with Crippen LogP contribution in [0.2, 0.25) is 0 Å². The van der Waals surface area contributed by atoms with Gasteiger partial charge in [-0.05, 0) is 36.2 Å². The van der Waals surface area contributed by atoms with Crippen molar-refractivity contribution < 1.29 is 4.39 Å². The summed E-state index contributed by atoms with van der Waals surface area (Å²) in [5, 5.41) is 0. The summed E-state index contributed by atoms with van der Waals surface area (Å²) in [4.78, 5) is 4.01. The van der Waals surface area contributed by atoms with Crippen LogP contribution in [0.3, 0.4) is 0 Å². The lowest BCUT2D eigenvalue weighted by molar-refractivity contribution is 0.624. The third-order valence-corrected chi connectivity index (χ3v) is 2.79. The lowest BCUT2D eigenvalue weighted by Crippen LogP contribution is -2.15. The Bertz CT molecular complexity index is 540. The Morgan fingerprint density at radius 3 is 2.65 bits per heavy atom. The van der Waals surface area contributed by atoms with Crippen LogP contribution < -0.4 is 11.5 Å². The minimum Gasteiger partial charge on any atom is -0.398 e. The number of pyridine rings is 1. The van der Waals surface area contributed by atoms with E-state index in [4.69, 9.17) is 11.5 Å². The van der Waals surface area contributed by atoms with Crippen LogP contribution in [0, 0.1) is 12.7 Å². The number of hydrogen-bond acceptors (Lipinski definition) is 3. The number of aromatic nitrogens is 1. The van der Waals surface area contributed by atoms with Crippen LogP contribution in [0.4, 0.5) is 10.1 Å². The van der Waals surface area contributed by atoms with Gasteiger partial charge in [-0.15, -0.1) is 0 Å². The molecule has 4 heteroatoms. The highest BCUT2D eigenvalue weighted by Gasteiger charge is 2.14. The summed E-state index contributed by atoms with van der Waals surface area (Å²) in [6.07, 6.45) is 3.26. The van der Waals surface area contributed by atoms with Gasteiger partial charge in [0.25, 0.3) is 0 Å². The number of aryl methyl sites for hydroxylation is 1. The number of anilines is 1. The molecule has 0 saturated carbocycles. The third kappa shape index (κ3) is 2.26. The molecule has 0 aliphatic heterocycles. The van der Waals surface area contributed by atoms with Gasteiger partial charge in [0.15, 0.2) is 0 Å². The zero-order valence-electron chi connectivity index (χ0n) is 9.52. The normalized spacial score (nSPS) is 12.4. The Kier molecular flexibility index (Phi) is 3.06. The molecular weight excluding hydrogens is 217 g/mol. The summed E-state index contributed by atoms with van der Waals surface area (Å²) in [6, 6.07) is 5.86. The summed E-state index contributed by atoms with van der Waals surface area (Å²) < 4.78 is 13.0. The van der Waals surface area contributed by atoms with Crippen molar-refractivity contribution in [3.8, 4) is 0 Å². The maximum absolute atomic E-state index is 13.0. The summed E-state index contributed by atoms with van der Waals surface area (Å²) in [5.74, 6) is -0.266. The molecule has 0 aliphatic carbocycles. The van der Waals surface area contributed by atoms with Gasteiger partial charge in [-0.1, -0.05) is 6.07 Å². The van der Waals surface area contributed by atoms with E-state index in [0.29, 0.717) is 5.69 Å². The fourth-order valence-corrected chi connectivity index (χ4v) is 1.83. The standard InChI is InChI=1S/C13H14FN3/c1-8-6-9(14)2-3-10(8)13(16)11-7-17-5-4-12(11)15/h2-7,13H,16H2,1H3,(H2,15,17). The summed E-state index contributed by atoms with van der Waals surface area (Å²) >= 11 is 0. The van der Waals surface area contributed by atoms with Gasteiger partial charge >= 0.3 is 0 Å². The quantitative estimate of drug-likeness (QED) is 0.832. The molecule has 0 fully saturated rings. The minimum atomic E-state index is -0.385. The summed E-state index contributed by atoms with van der Waals surface area (Å²) in [5.41, 5.74) is 15.0. The second-order valence-electron chi connectivity index (χ2n) is 3.98. The number of nitrogens with zero attached hydrogens (tertiary/aromatic N) is 1. The van der Waals surface area contributed by atoms with Crippen LogP contribution in [0.1, 0.15) is 22.7 Å². The molecule has 3 nitrogen and oxygen atoms in total. The Labute approximate surface area is 99.3 Å². The second kappa shape index (κ2) is 4.51. The average molecular weight is 231 g/mol. The predicted octanol–water partition coefficient (Wildman–Crippen LogP) is 2.16. The largest absolute Gasteiger partial charge is 0.398 e. The fraction of sp³-hybridized carbons (Fsp3) is 0.154. The van der Waals surface area contributed by atoms with Gasteiger partial charge < -0.3 is 11.5 Å². The van der Waals surface area contributed by atoms with Gasteiger partial charge in [-0.3, -0.25) is 4.98 Å². The highest BCUT2D eigenvalue weighted by molar-refractivity contribution is 5.50. The Morgan fingerprint density at radius 2 is 2.00 bits per heavy atom. The second-order valence-corrected chi connectivity index (χ2v) is 3.98. The Balaban J connectivity index is 2.44. The lowest BCUT2D eigenvalue weighted by Gasteiger charge is -2.16. The first kappa shape index (κ1) is 11.5. The number of nitrogens with two attached hydrogens (primary N) is 2. The molecule has 2 aromatic rings. The van der Waals surface area contributed by atoms with Crippen molar-refractivity contribution in [2.75, 3.05) is 5.73 Å². The molecule has 1 atom stereocenters. The van der Waals surface area contributed by atoms with E-state index in [9.17, 15) is 4.39 Å². The highest BCUT2D eigenvalue weighted by Crippen LogP contribution is 2.26. The van der Waals surface area contributed by atoms with E-state index in [-0.39, 0.29) is 11.9 Å². The molecule has 0 spiro atoms. The van der Waals surface area contributed by atoms with E-state index in [1.165, 1.54) is 12.1 Å². The average Bonchev–Trinajstić information content (AvgIpc) is 2.29. The van der Waals surface area contributed by atoms with Gasteiger partial charge in [-0.25, -0.2) is 4.39 Å². The van der Waals surface area contributed by atoms with E-state index in [0.717, 1.165) is 16.7 Å². The zero-order valence-corrected chi connectivity index (χ0v) is 9.52. The third-order valence-electron chi connectivity index (χ3n) is 2.79. The molecule has 0 amide bonds. The van der Waals surface area contributed by atoms with Crippen molar-refractivity contribution in [3.05, 3.63) is 59.2 Å². The Morgan fingerprint density at radius 1 is 1.24 bits per heavy atom. The predicted molar refractivity (Wildman–Crippen MR) is 65.8 cm³/mol. The van der Waals surface area contributed by atoms with Gasteiger partial charge in [0, 0.05) is 23.6 Å². The Hall–Kier alpha value is -1.94. The maximum atomic E-state index is 13.0. The van der Waals surface area contributed by atoms with Crippen LogP contribution in [-0.2, 0) is 0 Å². The molecular formula is C13H14FN3. The molecule has 0 radical (unpaired) electrons. The van der Waals surface area contributed by atoms with Crippen LogP contribution >= 0.6 is 0 Å². The van der Waals surface area contributed by atoms with Crippen molar-refractivity contribution in [3.63, 3.8) is 0 Å². The molecule has 88 valence electrons. The number of nitrogen functional groups attached to an aromatic ring is 1. The molecule has 2 rings (SSSR count). The van der Waals surface area contributed by atoms with Crippen LogP contribution in [-0.4, -0.2) is 4.98 Å². The fourth-order valence-electron chi connectivity index (χ4n) is 1.83. The van der Waals surface area contributed by atoms with Gasteiger partial charge in [0.05, 0.1) is 6.04 Å². The van der Waals surface area contributed by atoms with E-state index in [1.807, 2.05) is 6.92 Å². The van der Waals surface area contributed by atoms with Crippen molar-refractivity contribution in [1.82, 2.24) is 4.98 Å². The van der Waals surface area contributed by atoms with Crippen LogP contribution in [0.5, 0.6) is 0 Å². The molecule has 17 heavy (non-hydrogen) atoms. The first-order valence-corrected chi connectivity index (χ1v) is 5.30. The van der Waals surface area contributed by atoms with Gasteiger partial charge in [0.1, 0.15) is 5.82 Å². The van der Waals surface area contributed by atoms with Crippen molar-refractivity contribution in [1.29, 1.82) is 0 Å². The van der Waals surface area contributed by atoms with Crippen LogP contribution in [0.25, 0.3) is 0 Å². The SMILES string of the molecule is Cc1cc(F)ccc1C(N)c1cnccc1N. The summed E-state index contributed by atoms with van der Waals surface area (Å²) in [6.45, 7) is 1.82. The number of hydrogen-bond donors (Lipinski definition) is 2. The first-order valence-electron chi connectivity index (χ1n) is 5.30. The minimum absolute atomic E-state index is 0.266. The van der Waals surface area contributed by atoms with E-state index >= 15 is 0 Å². The first-order chi connectivity index (χ1) is 8.09. The van der Waals surface area contributed by atoms with Crippen molar-refractivity contribution in [2.45, 2.75) is 13.0 Å². The molecule has 0 aliphatic rings. The van der Waals surface area contributed by atoms with E-state index in [1.54, 1.807) is 24.5 Å². The number of halogens is 1. The monoisotopic (exact) mass is 231 g/mol. The lowest BCUT2D eigenvalue weighted by atomic mass is 9.96. The van der Waals surface area contributed by atoms with Gasteiger partial charge in [0.2, 0.25) is 0 Å². The molecule has 4 N–H and O–H groups in total. The van der Waals surface area contributed by atoms with Crippen molar-refractivity contribution in [2.24, 2.45) is 5.73 Å². The van der Waals surface area contributed by atoms with E-state index in [2.05, 4.69) is 4.98 Å². The summed E-state index contributed by atoms with van der Waals surface area (Å²) in [7, 11) is 0. The van der Waals surface area contributed by atoms with Crippen LogP contribution in [0.15, 0.2) is 36.7 Å². The zero-order chi connectivity index (χ0) is 12.4. The number of benzene rings is 1. The molecule has 0 bridgehead atoms. The van der Waals surface area contributed by atoms with Crippen molar-refractivity contribution >= 4 is 5.69 Å². The molecule has 1 unspecified atom stereocenters. The molecule has 1 aromatic carbocycles. The molecule has 1 aromatic heterocycles. The van der Waals surface area contributed by atoms with E-state index < -0.39 is 0 Å². The number of rotatable bonds is 2. The smallest absolute Gasteiger partial charge is 0.123 e. The maximum Gasteiger partial charge on any atom is 0.123 e. The topological polar surface area (TPSA) is 64.9 Å². The van der Waals surface area contributed by atoms with Gasteiger partial charge in [-0.2, -0.15) is 0 Å². The molecule has 1 heterocycles. The highest BCUT2D eigenvalue weighted by atomic mass is 19.1. The molecule has 0 saturated heterocycles.